The molecule has 0 unspecified atom stereocenters. The molecule has 0 bridgehead atoms. The second-order valence-corrected chi connectivity index (χ2v) is 5.88. The van der Waals surface area contributed by atoms with E-state index in [1.54, 1.807) is 17.4 Å². The van der Waals surface area contributed by atoms with E-state index in [0.29, 0.717) is 4.78 Å². The summed E-state index contributed by atoms with van der Waals surface area (Å²) in [5.41, 5.74) is 0. The van der Waals surface area contributed by atoms with Gasteiger partial charge in [0, 0.05) is 14.2 Å². The van der Waals surface area contributed by atoms with E-state index >= 15 is 0 Å². The molecule has 2 aromatic heterocycles. The lowest BCUT2D eigenvalue weighted by Crippen LogP contribution is -2.26. The molecule has 0 radical (unpaired) electrons. The van der Waals surface area contributed by atoms with Crippen LogP contribution in [-0.4, -0.2) is 17.2 Å². The van der Waals surface area contributed by atoms with Crippen LogP contribution < -0.4 is 4.78 Å². The van der Waals surface area contributed by atoms with Crippen LogP contribution in [0.15, 0.2) is 15.9 Å². The van der Waals surface area contributed by atoms with E-state index in [4.69, 9.17) is 10.0 Å². The summed E-state index contributed by atoms with van der Waals surface area (Å²) in [5.74, 6) is 0. The maximum atomic E-state index is 8.87. The molecule has 0 saturated carbocycles. The number of rotatable bonds is 1. The van der Waals surface area contributed by atoms with E-state index in [2.05, 4.69) is 15.9 Å². The Balaban J connectivity index is 2.57. The van der Waals surface area contributed by atoms with Gasteiger partial charge in [0.1, 0.15) is 0 Å². The zero-order valence-electron chi connectivity index (χ0n) is 5.82. The average Bonchev–Trinajstić information content (AvgIpc) is 2.42. The Kier molecular flexibility index (Phi) is 2.26. The van der Waals surface area contributed by atoms with Gasteiger partial charge in [0.25, 0.3) is 0 Å². The molecule has 0 fully saturated rings. The molecule has 0 amide bonds. The topological polar surface area (TPSA) is 40.5 Å². The fourth-order valence-corrected chi connectivity index (χ4v) is 3.86. The van der Waals surface area contributed by atoms with Crippen LogP contribution in [0, 0.1) is 0 Å². The Labute approximate surface area is 85.7 Å². The number of hydrogen-bond donors (Lipinski definition) is 2. The molecule has 2 N–H and O–H groups in total. The van der Waals surface area contributed by atoms with Crippen LogP contribution in [0.5, 0.6) is 0 Å². The van der Waals surface area contributed by atoms with Crippen LogP contribution >= 0.6 is 38.6 Å². The summed E-state index contributed by atoms with van der Waals surface area (Å²) in [6.45, 7) is 0. The number of fused-ring (bicyclic) bond motifs is 1. The molecule has 2 aromatic rings. The summed E-state index contributed by atoms with van der Waals surface area (Å²) >= 11 is 6.37. The van der Waals surface area contributed by atoms with Gasteiger partial charge < -0.3 is 10.0 Å². The van der Waals surface area contributed by atoms with E-state index in [1.165, 1.54) is 11.3 Å². The summed E-state index contributed by atoms with van der Waals surface area (Å²) < 4.78 is 3.86. The monoisotopic (exact) mass is 262 g/mol. The third-order valence-corrected chi connectivity index (χ3v) is 4.29. The van der Waals surface area contributed by atoms with E-state index in [9.17, 15) is 0 Å². The Hall–Kier alpha value is 0.125. The summed E-state index contributed by atoms with van der Waals surface area (Å²) in [7, 11) is -1.34. The molecule has 0 saturated heterocycles. The highest BCUT2D eigenvalue weighted by Gasteiger charge is 2.15. The van der Waals surface area contributed by atoms with E-state index in [1.807, 2.05) is 6.07 Å². The first-order valence-electron chi connectivity index (χ1n) is 3.22. The lowest BCUT2D eigenvalue weighted by atomic mass is 9.90. The fraction of sp³-hybridized carbons (Fsp3) is 0. The molecule has 0 atom stereocenters. The van der Waals surface area contributed by atoms with Crippen LogP contribution in [0.3, 0.4) is 0 Å². The molecule has 0 aliphatic heterocycles. The molecule has 2 nitrogen and oxygen atoms in total. The first kappa shape index (κ1) is 8.71. The van der Waals surface area contributed by atoms with Crippen LogP contribution in [0.4, 0.5) is 0 Å². The van der Waals surface area contributed by atoms with Gasteiger partial charge in [-0.2, -0.15) is 0 Å². The highest BCUT2D eigenvalue weighted by molar-refractivity contribution is 9.11. The van der Waals surface area contributed by atoms with Crippen molar-refractivity contribution in [3.8, 4) is 0 Å². The summed E-state index contributed by atoms with van der Waals surface area (Å²) in [4.78, 5) is 0. The smallest absolute Gasteiger partial charge is 0.423 e. The summed E-state index contributed by atoms with van der Waals surface area (Å²) in [6, 6.07) is 3.79. The maximum absolute atomic E-state index is 8.87. The molecule has 2 rings (SSSR count). The molecule has 12 heavy (non-hydrogen) atoms. The van der Waals surface area contributed by atoms with Gasteiger partial charge in [-0.15, -0.1) is 22.7 Å². The lowest BCUT2D eigenvalue weighted by molar-refractivity contribution is 0.427. The van der Waals surface area contributed by atoms with Gasteiger partial charge in [-0.3, -0.25) is 0 Å². The molecule has 0 aromatic carbocycles. The molecular weight excluding hydrogens is 259 g/mol. The highest BCUT2D eigenvalue weighted by Crippen LogP contribution is 2.32. The third-order valence-electron chi connectivity index (χ3n) is 1.45. The first-order chi connectivity index (χ1) is 5.66. The Morgan fingerprint density at radius 1 is 1.17 bits per heavy atom. The van der Waals surface area contributed by atoms with Crippen molar-refractivity contribution < 1.29 is 10.0 Å². The zero-order valence-corrected chi connectivity index (χ0v) is 9.04. The van der Waals surface area contributed by atoms with E-state index in [0.717, 1.165) is 13.2 Å². The number of halogens is 1. The van der Waals surface area contributed by atoms with Crippen molar-refractivity contribution >= 4 is 59.9 Å². The van der Waals surface area contributed by atoms with Crippen molar-refractivity contribution in [3.05, 3.63) is 15.9 Å². The van der Waals surface area contributed by atoms with Crippen molar-refractivity contribution in [2.24, 2.45) is 0 Å². The normalized spacial score (nSPS) is 10.9. The lowest BCUT2D eigenvalue weighted by Gasteiger charge is -1.88. The Morgan fingerprint density at radius 2 is 1.83 bits per heavy atom. The second-order valence-electron chi connectivity index (χ2n) is 2.30. The molecular formula is C6H4BBrO2S2. The van der Waals surface area contributed by atoms with Crippen LogP contribution in [0.25, 0.3) is 9.40 Å². The fourth-order valence-electron chi connectivity index (χ4n) is 0.952. The first-order valence-corrected chi connectivity index (χ1v) is 5.64. The van der Waals surface area contributed by atoms with Gasteiger partial charge in [-0.05, 0) is 28.1 Å². The third kappa shape index (κ3) is 1.45. The van der Waals surface area contributed by atoms with Gasteiger partial charge in [-0.25, -0.2) is 0 Å². The van der Waals surface area contributed by atoms with Crippen molar-refractivity contribution in [2.45, 2.75) is 0 Å². The van der Waals surface area contributed by atoms with E-state index < -0.39 is 7.12 Å². The Bertz CT molecular complexity index is 377. The van der Waals surface area contributed by atoms with Crippen LogP contribution in [-0.2, 0) is 0 Å². The van der Waals surface area contributed by atoms with Gasteiger partial charge >= 0.3 is 7.12 Å². The van der Waals surface area contributed by atoms with Gasteiger partial charge in [0.15, 0.2) is 0 Å². The minimum atomic E-state index is -1.34. The molecule has 62 valence electrons. The van der Waals surface area contributed by atoms with Crippen LogP contribution in [0.1, 0.15) is 0 Å². The minimum Gasteiger partial charge on any atom is -0.423 e. The van der Waals surface area contributed by atoms with Gasteiger partial charge in [0.2, 0.25) is 0 Å². The second kappa shape index (κ2) is 3.12. The van der Waals surface area contributed by atoms with Crippen molar-refractivity contribution in [3.63, 3.8) is 0 Å². The summed E-state index contributed by atoms with van der Waals surface area (Å²) in [6.07, 6.45) is 0. The number of hydrogen-bond acceptors (Lipinski definition) is 4. The molecule has 0 spiro atoms. The quantitative estimate of drug-likeness (QED) is 0.763. The largest absolute Gasteiger partial charge is 0.499 e. The van der Waals surface area contributed by atoms with E-state index in [-0.39, 0.29) is 0 Å². The Morgan fingerprint density at radius 3 is 2.42 bits per heavy atom. The molecule has 2 heterocycles. The predicted molar refractivity (Wildman–Crippen MR) is 57.2 cm³/mol. The van der Waals surface area contributed by atoms with Gasteiger partial charge in [-0.1, -0.05) is 0 Å². The zero-order chi connectivity index (χ0) is 8.72. The SMILES string of the molecule is OB(O)c1cc2sc(Br)cc2s1. The molecule has 0 aliphatic rings. The standard InChI is InChI=1S/C6H4BBrO2S2/c8-6-2-4-3(12-6)1-5(11-4)7(9)10/h1-2,9-10H. The predicted octanol–water partition coefficient (Wildman–Crippen LogP) is 1.41. The molecule has 6 heteroatoms. The van der Waals surface area contributed by atoms with Crippen molar-refractivity contribution in [1.82, 2.24) is 0 Å². The van der Waals surface area contributed by atoms with Crippen molar-refractivity contribution in [1.29, 1.82) is 0 Å². The highest BCUT2D eigenvalue weighted by atomic mass is 79.9. The average molecular weight is 263 g/mol. The number of thiophene rings is 2. The van der Waals surface area contributed by atoms with Crippen LogP contribution in [0.2, 0.25) is 0 Å². The van der Waals surface area contributed by atoms with Gasteiger partial charge in [0.05, 0.1) is 3.79 Å². The molecule has 0 aliphatic carbocycles. The maximum Gasteiger partial charge on any atom is 0.499 e. The van der Waals surface area contributed by atoms with Crippen molar-refractivity contribution in [2.75, 3.05) is 0 Å². The minimum absolute atomic E-state index is 0.601. The summed E-state index contributed by atoms with van der Waals surface area (Å²) in [5, 5.41) is 17.7.